The highest BCUT2D eigenvalue weighted by Gasteiger charge is 2.42. The van der Waals surface area contributed by atoms with Crippen LogP contribution in [0.1, 0.15) is 80.6 Å². The molecule has 2 heteroatoms. The Kier molecular flexibility index (Phi) is 4.73. The maximum Gasteiger partial charge on any atom is 0.0637 e. The lowest BCUT2D eigenvalue weighted by atomic mass is 9.75. The molecule has 25 heavy (non-hydrogen) atoms. The third-order valence-electron chi connectivity index (χ3n) is 6.12. The van der Waals surface area contributed by atoms with E-state index in [0.29, 0.717) is 17.4 Å². The summed E-state index contributed by atoms with van der Waals surface area (Å²) in [5.74, 6) is 0.610. The highest BCUT2D eigenvalue weighted by atomic mass is 16.5. The molecule has 1 unspecified atom stereocenters. The van der Waals surface area contributed by atoms with Crippen LogP contribution in [-0.2, 0) is 4.74 Å². The second kappa shape index (κ2) is 6.30. The summed E-state index contributed by atoms with van der Waals surface area (Å²) in [5, 5.41) is 3.91. The summed E-state index contributed by atoms with van der Waals surface area (Å²) in [7, 11) is 0. The lowest BCUT2D eigenvalue weighted by Crippen LogP contribution is -2.51. The first-order valence-corrected chi connectivity index (χ1v) is 10.0. The van der Waals surface area contributed by atoms with Gasteiger partial charge in [-0.05, 0) is 89.2 Å². The van der Waals surface area contributed by atoms with Crippen molar-refractivity contribution in [3.63, 3.8) is 0 Å². The summed E-state index contributed by atoms with van der Waals surface area (Å²) in [4.78, 5) is 0. The van der Waals surface area contributed by atoms with Crippen LogP contribution in [0.5, 0.6) is 0 Å². The van der Waals surface area contributed by atoms with E-state index in [2.05, 4.69) is 72.0 Å². The van der Waals surface area contributed by atoms with E-state index in [1.165, 1.54) is 36.1 Å². The molecule has 1 aliphatic carbocycles. The summed E-state index contributed by atoms with van der Waals surface area (Å²) in [5.41, 5.74) is 4.66. The van der Waals surface area contributed by atoms with Crippen molar-refractivity contribution in [1.82, 2.24) is 5.32 Å². The standard InChI is InChI=1S/C23H37NO/c1-16-8-9-19(18-14-22(4,5)25-23(6,7)15-18)24-20(16)17-10-12-21(2,3)13-11-17/h8-10,18-19,24H,11-15H2,1-7H3. The average molecular weight is 344 g/mol. The molecule has 0 bridgehead atoms. The van der Waals surface area contributed by atoms with Gasteiger partial charge >= 0.3 is 0 Å². The molecule has 0 aromatic carbocycles. The maximum absolute atomic E-state index is 6.29. The van der Waals surface area contributed by atoms with Gasteiger partial charge in [0.15, 0.2) is 0 Å². The van der Waals surface area contributed by atoms with Crippen LogP contribution < -0.4 is 5.32 Å². The zero-order valence-electron chi connectivity index (χ0n) is 17.3. The monoisotopic (exact) mass is 343 g/mol. The molecule has 1 fully saturated rings. The molecule has 2 heterocycles. The van der Waals surface area contributed by atoms with E-state index in [9.17, 15) is 0 Å². The molecule has 1 N–H and O–H groups in total. The van der Waals surface area contributed by atoms with Crippen molar-refractivity contribution in [2.45, 2.75) is 97.8 Å². The molecule has 0 aromatic heterocycles. The third kappa shape index (κ3) is 4.39. The van der Waals surface area contributed by atoms with Gasteiger partial charge in [-0.15, -0.1) is 0 Å². The molecule has 2 aliphatic heterocycles. The highest BCUT2D eigenvalue weighted by molar-refractivity contribution is 5.42. The first-order valence-electron chi connectivity index (χ1n) is 10.0. The van der Waals surface area contributed by atoms with E-state index in [0.717, 1.165) is 12.8 Å². The van der Waals surface area contributed by atoms with Crippen molar-refractivity contribution in [3.8, 4) is 0 Å². The van der Waals surface area contributed by atoms with Gasteiger partial charge in [0.05, 0.1) is 11.2 Å². The van der Waals surface area contributed by atoms with E-state index in [-0.39, 0.29) is 11.2 Å². The first kappa shape index (κ1) is 18.8. The number of hydrogen-bond acceptors (Lipinski definition) is 2. The summed E-state index contributed by atoms with van der Waals surface area (Å²) < 4.78 is 6.29. The molecular formula is C23H37NO. The Morgan fingerprint density at radius 1 is 1.04 bits per heavy atom. The van der Waals surface area contributed by atoms with Gasteiger partial charge in [-0.1, -0.05) is 32.1 Å². The molecule has 3 aliphatic rings. The van der Waals surface area contributed by atoms with Gasteiger partial charge in [0.2, 0.25) is 0 Å². The zero-order valence-corrected chi connectivity index (χ0v) is 17.3. The van der Waals surface area contributed by atoms with Crippen LogP contribution >= 0.6 is 0 Å². The van der Waals surface area contributed by atoms with Crippen LogP contribution in [0.15, 0.2) is 35.1 Å². The Bertz CT molecular complexity index is 602. The normalized spacial score (nSPS) is 31.5. The molecule has 0 aromatic rings. The number of rotatable bonds is 2. The fourth-order valence-corrected chi connectivity index (χ4v) is 5.00. The molecule has 1 atom stereocenters. The molecule has 140 valence electrons. The lowest BCUT2D eigenvalue weighted by molar-refractivity contribution is -0.174. The maximum atomic E-state index is 6.29. The highest BCUT2D eigenvalue weighted by Crippen LogP contribution is 2.42. The first-order chi connectivity index (χ1) is 11.5. The van der Waals surface area contributed by atoms with E-state index in [4.69, 9.17) is 4.74 Å². The van der Waals surface area contributed by atoms with Crippen molar-refractivity contribution >= 4 is 0 Å². The molecule has 2 nitrogen and oxygen atoms in total. The van der Waals surface area contributed by atoms with E-state index < -0.39 is 0 Å². The minimum absolute atomic E-state index is 0.0492. The molecule has 0 radical (unpaired) electrons. The van der Waals surface area contributed by atoms with E-state index in [1.54, 1.807) is 0 Å². The largest absolute Gasteiger partial charge is 0.378 e. The van der Waals surface area contributed by atoms with E-state index in [1.807, 2.05) is 0 Å². The van der Waals surface area contributed by atoms with Crippen LogP contribution in [0.3, 0.4) is 0 Å². The van der Waals surface area contributed by atoms with Gasteiger partial charge in [0, 0.05) is 11.7 Å². The number of hydrogen-bond donors (Lipinski definition) is 1. The number of allylic oxidation sites excluding steroid dienone is 4. The van der Waals surface area contributed by atoms with Crippen LogP contribution in [0.2, 0.25) is 0 Å². The SMILES string of the molecule is CC1=C(C2=CCC(C)(C)CC2)NC(C2CC(C)(C)OC(C)(C)C2)C=C1. The van der Waals surface area contributed by atoms with Crippen molar-refractivity contribution < 1.29 is 4.74 Å². The second-order valence-corrected chi connectivity index (χ2v) is 10.5. The number of ether oxygens (including phenoxy) is 1. The van der Waals surface area contributed by atoms with Crippen LogP contribution in [0.4, 0.5) is 0 Å². The second-order valence-electron chi connectivity index (χ2n) is 10.5. The van der Waals surface area contributed by atoms with Crippen molar-refractivity contribution in [2.24, 2.45) is 11.3 Å². The predicted molar refractivity (Wildman–Crippen MR) is 106 cm³/mol. The molecule has 3 rings (SSSR count). The van der Waals surface area contributed by atoms with Gasteiger partial charge in [-0.2, -0.15) is 0 Å². The Labute approximate surface area is 154 Å². The minimum atomic E-state index is -0.0492. The lowest BCUT2D eigenvalue weighted by Gasteiger charge is -2.48. The Balaban J connectivity index is 1.77. The molecule has 1 saturated heterocycles. The summed E-state index contributed by atoms with van der Waals surface area (Å²) in [6.45, 7) is 16.0. The molecule has 0 spiro atoms. The van der Waals surface area contributed by atoms with E-state index >= 15 is 0 Å². The molecule has 0 amide bonds. The van der Waals surface area contributed by atoms with Gasteiger partial charge in [0.1, 0.15) is 0 Å². The molecule has 0 saturated carbocycles. The van der Waals surface area contributed by atoms with Crippen molar-refractivity contribution in [1.29, 1.82) is 0 Å². The van der Waals surface area contributed by atoms with Gasteiger partial charge in [-0.3, -0.25) is 0 Å². The van der Waals surface area contributed by atoms with Crippen LogP contribution in [-0.4, -0.2) is 17.2 Å². The Morgan fingerprint density at radius 2 is 1.68 bits per heavy atom. The fourth-order valence-electron chi connectivity index (χ4n) is 5.00. The minimum Gasteiger partial charge on any atom is -0.378 e. The summed E-state index contributed by atoms with van der Waals surface area (Å²) >= 11 is 0. The van der Waals surface area contributed by atoms with Gasteiger partial charge in [-0.25, -0.2) is 0 Å². The fraction of sp³-hybridized carbons (Fsp3) is 0.739. The average Bonchev–Trinajstić information content (AvgIpc) is 2.45. The number of dihydropyridines is 1. The predicted octanol–water partition coefficient (Wildman–Crippen LogP) is 5.91. The number of nitrogens with one attached hydrogen (secondary N) is 1. The van der Waals surface area contributed by atoms with Crippen LogP contribution in [0, 0.1) is 11.3 Å². The Morgan fingerprint density at radius 3 is 2.24 bits per heavy atom. The third-order valence-corrected chi connectivity index (χ3v) is 6.12. The molecular weight excluding hydrogens is 306 g/mol. The van der Waals surface area contributed by atoms with Gasteiger partial charge in [0.25, 0.3) is 0 Å². The van der Waals surface area contributed by atoms with Gasteiger partial charge < -0.3 is 10.1 Å². The Hall–Kier alpha value is -1.02. The topological polar surface area (TPSA) is 21.3 Å². The smallest absolute Gasteiger partial charge is 0.0637 e. The quantitative estimate of drug-likeness (QED) is 0.673. The van der Waals surface area contributed by atoms with Crippen molar-refractivity contribution in [2.75, 3.05) is 0 Å². The summed E-state index contributed by atoms with van der Waals surface area (Å²) in [6, 6.07) is 0.414. The summed E-state index contributed by atoms with van der Waals surface area (Å²) in [6.07, 6.45) is 13.1. The zero-order chi connectivity index (χ0) is 18.5. The van der Waals surface area contributed by atoms with Crippen molar-refractivity contribution in [3.05, 3.63) is 35.1 Å². The van der Waals surface area contributed by atoms with Crippen LogP contribution in [0.25, 0.3) is 0 Å².